The zero-order valence-corrected chi connectivity index (χ0v) is 9.44. The standard InChI is InChI=1S/C12H18N2O2/c1-2-7-14-11(12(13)16)8-9-3-5-10(15)6-4-9/h3-6,11,14-15H,2,7-8H2,1H3,(H2,13,16)/t11-/m0/s1. The second kappa shape index (κ2) is 6.12. The molecule has 1 atom stereocenters. The lowest BCUT2D eigenvalue weighted by molar-refractivity contribution is -0.120. The van der Waals surface area contributed by atoms with E-state index in [1.165, 1.54) is 0 Å². The van der Waals surface area contributed by atoms with Gasteiger partial charge in [-0.3, -0.25) is 4.79 Å². The van der Waals surface area contributed by atoms with Crippen molar-refractivity contribution in [2.45, 2.75) is 25.8 Å². The van der Waals surface area contributed by atoms with Crippen LogP contribution in [0.4, 0.5) is 0 Å². The molecule has 0 spiro atoms. The molecule has 4 nitrogen and oxygen atoms in total. The Morgan fingerprint density at radius 1 is 1.44 bits per heavy atom. The Morgan fingerprint density at radius 2 is 2.06 bits per heavy atom. The maximum atomic E-state index is 11.2. The maximum absolute atomic E-state index is 11.2. The molecule has 0 radical (unpaired) electrons. The van der Waals surface area contributed by atoms with Gasteiger partial charge in [-0.2, -0.15) is 0 Å². The number of phenols is 1. The summed E-state index contributed by atoms with van der Waals surface area (Å²) in [5.41, 5.74) is 6.28. The summed E-state index contributed by atoms with van der Waals surface area (Å²) in [5.74, 6) is -0.123. The minimum absolute atomic E-state index is 0.223. The van der Waals surface area contributed by atoms with Crippen LogP contribution in [0.3, 0.4) is 0 Å². The van der Waals surface area contributed by atoms with Gasteiger partial charge in [0.05, 0.1) is 6.04 Å². The maximum Gasteiger partial charge on any atom is 0.234 e. The number of aromatic hydroxyl groups is 1. The molecular weight excluding hydrogens is 204 g/mol. The summed E-state index contributed by atoms with van der Waals surface area (Å²) in [6, 6.07) is 6.45. The van der Waals surface area contributed by atoms with Gasteiger partial charge in [-0.25, -0.2) is 0 Å². The van der Waals surface area contributed by atoms with Crippen molar-refractivity contribution >= 4 is 5.91 Å². The van der Waals surface area contributed by atoms with Crippen LogP contribution >= 0.6 is 0 Å². The van der Waals surface area contributed by atoms with Crippen molar-refractivity contribution in [3.63, 3.8) is 0 Å². The largest absolute Gasteiger partial charge is 0.508 e. The van der Waals surface area contributed by atoms with E-state index in [4.69, 9.17) is 10.8 Å². The zero-order valence-electron chi connectivity index (χ0n) is 9.44. The third-order valence-electron chi connectivity index (χ3n) is 2.36. The highest BCUT2D eigenvalue weighted by atomic mass is 16.3. The van der Waals surface area contributed by atoms with E-state index in [1.54, 1.807) is 24.3 Å². The quantitative estimate of drug-likeness (QED) is 0.666. The van der Waals surface area contributed by atoms with E-state index in [0.717, 1.165) is 18.5 Å². The number of nitrogens with two attached hydrogens (primary N) is 1. The molecule has 1 rings (SSSR count). The highest BCUT2D eigenvalue weighted by molar-refractivity contribution is 5.80. The Balaban J connectivity index is 2.60. The molecule has 0 aromatic heterocycles. The number of rotatable bonds is 6. The van der Waals surface area contributed by atoms with E-state index in [9.17, 15) is 4.79 Å². The first-order chi connectivity index (χ1) is 7.63. The topological polar surface area (TPSA) is 75.3 Å². The second-order valence-corrected chi connectivity index (χ2v) is 3.78. The number of nitrogens with one attached hydrogen (secondary N) is 1. The Kier molecular flexibility index (Phi) is 4.79. The summed E-state index contributed by atoms with van der Waals surface area (Å²) in [6.07, 6.45) is 1.51. The minimum atomic E-state index is -0.346. The van der Waals surface area contributed by atoms with Crippen LogP contribution in [0, 0.1) is 0 Å². The van der Waals surface area contributed by atoms with Gasteiger partial charge in [-0.05, 0) is 37.1 Å². The van der Waals surface area contributed by atoms with Crippen molar-refractivity contribution in [2.75, 3.05) is 6.54 Å². The molecule has 0 saturated carbocycles. The lowest BCUT2D eigenvalue weighted by atomic mass is 10.1. The highest BCUT2D eigenvalue weighted by Gasteiger charge is 2.14. The number of carbonyl (C=O) groups is 1. The molecule has 0 aliphatic heterocycles. The van der Waals surface area contributed by atoms with Crippen molar-refractivity contribution < 1.29 is 9.90 Å². The van der Waals surface area contributed by atoms with Gasteiger partial charge < -0.3 is 16.2 Å². The van der Waals surface area contributed by atoms with Crippen LogP contribution in [0.2, 0.25) is 0 Å². The smallest absolute Gasteiger partial charge is 0.234 e. The van der Waals surface area contributed by atoms with Crippen LogP contribution in [-0.2, 0) is 11.2 Å². The summed E-state index contributed by atoms with van der Waals surface area (Å²) >= 11 is 0. The van der Waals surface area contributed by atoms with E-state index < -0.39 is 0 Å². The van der Waals surface area contributed by atoms with Crippen LogP contribution < -0.4 is 11.1 Å². The van der Waals surface area contributed by atoms with Crippen molar-refractivity contribution in [1.29, 1.82) is 0 Å². The summed E-state index contributed by atoms with van der Waals surface area (Å²) < 4.78 is 0. The minimum Gasteiger partial charge on any atom is -0.508 e. The second-order valence-electron chi connectivity index (χ2n) is 3.78. The van der Waals surface area contributed by atoms with Gasteiger partial charge >= 0.3 is 0 Å². The van der Waals surface area contributed by atoms with Gasteiger partial charge in [0.25, 0.3) is 0 Å². The lowest BCUT2D eigenvalue weighted by Crippen LogP contribution is -2.43. The predicted molar refractivity (Wildman–Crippen MR) is 63.1 cm³/mol. The normalized spacial score (nSPS) is 12.3. The fourth-order valence-electron chi connectivity index (χ4n) is 1.46. The van der Waals surface area contributed by atoms with Crippen LogP contribution in [0.15, 0.2) is 24.3 Å². The highest BCUT2D eigenvalue weighted by Crippen LogP contribution is 2.11. The molecule has 1 aromatic carbocycles. The molecule has 4 N–H and O–H groups in total. The molecule has 0 bridgehead atoms. The zero-order chi connectivity index (χ0) is 12.0. The number of hydrogen-bond donors (Lipinski definition) is 3. The first kappa shape index (κ1) is 12.5. The summed E-state index contributed by atoms with van der Waals surface area (Å²) in [5, 5.41) is 12.2. The molecule has 1 amide bonds. The Morgan fingerprint density at radius 3 is 2.56 bits per heavy atom. The fourth-order valence-corrected chi connectivity index (χ4v) is 1.46. The van der Waals surface area contributed by atoms with Crippen LogP contribution in [-0.4, -0.2) is 23.6 Å². The molecule has 0 fully saturated rings. The lowest BCUT2D eigenvalue weighted by Gasteiger charge is -2.14. The average Bonchev–Trinajstić information content (AvgIpc) is 2.26. The van der Waals surface area contributed by atoms with Gasteiger partial charge in [-0.15, -0.1) is 0 Å². The van der Waals surface area contributed by atoms with Crippen molar-refractivity contribution in [2.24, 2.45) is 5.73 Å². The number of carbonyl (C=O) groups excluding carboxylic acids is 1. The van der Waals surface area contributed by atoms with Crippen molar-refractivity contribution in [3.8, 4) is 5.75 Å². The van der Waals surface area contributed by atoms with Gasteiger partial charge in [0.15, 0.2) is 0 Å². The molecular formula is C12H18N2O2. The van der Waals surface area contributed by atoms with Crippen molar-refractivity contribution in [1.82, 2.24) is 5.32 Å². The molecule has 0 aliphatic carbocycles. The number of benzene rings is 1. The molecule has 0 saturated heterocycles. The molecule has 4 heteroatoms. The SMILES string of the molecule is CCCN[C@@H](Cc1ccc(O)cc1)C(N)=O. The third-order valence-corrected chi connectivity index (χ3v) is 2.36. The third kappa shape index (κ3) is 3.90. The first-order valence-corrected chi connectivity index (χ1v) is 5.44. The number of primary amides is 1. The fraction of sp³-hybridized carbons (Fsp3) is 0.417. The first-order valence-electron chi connectivity index (χ1n) is 5.44. The number of phenolic OH excluding ortho intramolecular Hbond substituents is 1. The van der Waals surface area contributed by atoms with E-state index in [-0.39, 0.29) is 17.7 Å². The predicted octanol–water partition coefficient (Wildman–Crippen LogP) is 0.788. The molecule has 0 unspecified atom stereocenters. The number of hydrogen-bond acceptors (Lipinski definition) is 3. The van der Waals surface area contributed by atoms with Crippen LogP contribution in [0.25, 0.3) is 0 Å². The molecule has 0 heterocycles. The van der Waals surface area contributed by atoms with E-state index in [0.29, 0.717) is 6.42 Å². The Labute approximate surface area is 95.5 Å². The number of amides is 1. The molecule has 16 heavy (non-hydrogen) atoms. The Bertz CT molecular complexity index is 335. The molecule has 88 valence electrons. The molecule has 1 aromatic rings. The Hall–Kier alpha value is -1.55. The van der Waals surface area contributed by atoms with Gasteiger partial charge in [-0.1, -0.05) is 19.1 Å². The van der Waals surface area contributed by atoms with E-state index in [2.05, 4.69) is 5.32 Å². The van der Waals surface area contributed by atoms with Gasteiger partial charge in [0.2, 0.25) is 5.91 Å². The summed E-state index contributed by atoms with van der Waals surface area (Å²) in [4.78, 5) is 11.2. The van der Waals surface area contributed by atoms with E-state index >= 15 is 0 Å². The van der Waals surface area contributed by atoms with Crippen LogP contribution in [0.1, 0.15) is 18.9 Å². The van der Waals surface area contributed by atoms with Gasteiger partial charge in [0, 0.05) is 0 Å². The average molecular weight is 222 g/mol. The van der Waals surface area contributed by atoms with E-state index in [1.807, 2.05) is 6.92 Å². The summed E-state index contributed by atoms with van der Waals surface area (Å²) in [6.45, 7) is 2.80. The van der Waals surface area contributed by atoms with Gasteiger partial charge in [0.1, 0.15) is 5.75 Å². The summed E-state index contributed by atoms with van der Waals surface area (Å²) in [7, 11) is 0. The molecule has 0 aliphatic rings. The monoisotopic (exact) mass is 222 g/mol. The van der Waals surface area contributed by atoms with Crippen LogP contribution in [0.5, 0.6) is 5.75 Å². The van der Waals surface area contributed by atoms with Crippen molar-refractivity contribution in [3.05, 3.63) is 29.8 Å².